The fourth-order valence-electron chi connectivity index (χ4n) is 2.95. The van der Waals surface area contributed by atoms with Gasteiger partial charge in [0.2, 0.25) is 0 Å². The Kier molecular flexibility index (Phi) is 5.03. The summed E-state index contributed by atoms with van der Waals surface area (Å²) in [5.74, 6) is -0.170. The number of aryl methyl sites for hydroxylation is 3. The van der Waals surface area contributed by atoms with Crippen molar-refractivity contribution in [1.82, 2.24) is 0 Å². The van der Waals surface area contributed by atoms with E-state index >= 15 is 0 Å². The zero-order chi connectivity index (χ0) is 17.8. The summed E-state index contributed by atoms with van der Waals surface area (Å²) in [6.45, 7) is 3.62. The summed E-state index contributed by atoms with van der Waals surface area (Å²) in [5.41, 5.74) is 3.73. The maximum absolute atomic E-state index is 12.3. The summed E-state index contributed by atoms with van der Waals surface area (Å²) in [5, 5.41) is 2.81. The van der Waals surface area contributed by atoms with Crippen molar-refractivity contribution < 1.29 is 19.1 Å². The first-order chi connectivity index (χ1) is 12.0. The highest BCUT2D eigenvalue weighted by molar-refractivity contribution is 5.96. The molecule has 130 valence electrons. The number of para-hydroxylation sites is 2. The Labute approximate surface area is 147 Å². The van der Waals surface area contributed by atoms with Crippen molar-refractivity contribution in [1.29, 1.82) is 0 Å². The maximum Gasteiger partial charge on any atom is 0.344 e. The molecule has 1 amide bonds. The summed E-state index contributed by atoms with van der Waals surface area (Å²) in [7, 11) is 0. The van der Waals surface area contributed by atoms with E-state index < -0.39 is 12.1 Å². The molecule has 0 fully saturated rings. The van der Waals surface area contributed by atoms with Gasteiger partial charge in [-0.2, -0.15) is 0 Å². The van der Waals surface area contributed by atoms with E-state index in [1.807, 2.05) is 56.3 Å². The van der Waals surface area contributed by atoms with E-state index in [9.17, 15) is 9.59 Å². The van der Waals surface area contributed by atoms with Gasteiger partial charge in [0.15, 0.2) is 12.7 Å². The standard InChI is InChI=1S/C20H21NO4/c1-13-6-5-7-14(2)19(13)24-12-18(22)25-17-11-10-15-8-3-4-9-16(15)21-20(17)23/h3-9,17H,10-12H2,1-2H3,(H,21,23)/t17-/m0/s1. The van der Waals surface area contributed by atoms with Crippen molar-refractivity contribution in [2.75, 3.05) is 11.9 Å². The van der Waals surface area contributed by atoms with Crippen molar-refractivity contribution >= 4 is 17.6 Å². The van der Waals surface area contributed by atoms with Crippen LogP contribution in [0, 0.1) is 13.8 Å². The van der Waals surface area contributed by atoms with Crippen LogP contribution in [0.25, 0.3) is 0 Å². The Hall–Kier alpha value is -2.82. The van der Waals surface area contributed by atoms with Gasteiger partial charge in [-0.05, 0) is 49.4 Å². The van der Waals surface area contributed by atoms with Gasteiger partial charge in [0.05, 0.1) is 0 Å². The molecule has 0 aromatic heterocycles. The largest absolute Gasteiger partial charge is 0.481 e. The number of benzene rings is 2. The summed E-state index contributed by atoms with van der Waals surface area (Å²) >= 11 is 0. The van der Waals surface area contributed by atoms with Crippen LogP contribution in [0.3, 0.4) is 0 Å². The summed E-state index contributed by atoms with van der Waals surface area (Å²) in [6, 6.07) is 13.4. The minimum absolute atomic E-state index is 0.220. The molecule has 1 heterocycles. The van der Waals surface area contributed by atoms with E-state index in [-0.39, 0.29) is 12.5 Å². The third kappa shape index (κ3) is 3.99. The monoisotopic (exact) mass is 339 g/mol. The third-order valence-corrected chi connectivity index (χ3v) is 4.26. The van der Waals surface area contributed by atoms with Crippen molar-refractivity contribution in [3.63, 3.8) is 0 Å². The van der Waals surface area contributed by atoms with Crippen LogP contribution in [0.2, 0.25) is 0 Å². The molecule has 1 aliphatic rings. The summed E-state index contributed by atoms with van der Waals surface area (Å²) < 4.78 is 10.9. The molecular weight excluding hydrogens is 318 g/mol. The number of nitrogens with one attached hydrogen (secondary N) is 1. The first-order valence-electron chi connectivity index (χ1n) is 8.32. The second-order valence-corrected chi connectivity index (χ2v) is 6.17. The smallest absolute Gasteiger partial charge is 0.344 e. The average molecular weight is 339 g/mol. The van der Waals surface area contributed by atoms with Crippen LogP contribution < -0.4 is 10.1 Å². The van der Waals surface area contributed by atoms with Crippen LogP contribution in [0.15, 0.2) is 42.5 Å². The van der Waals surface area contributed by atoms with E-state index in [1.165, 1.54) is 0 Å². The molecule has 2 aromatic rings. The highest BCUT2D eigenvalue weighted by Gasteiger charge is 2.27. The van der Waals surface area contributed by atoms with Crippen LogP contribution in [-0.2, 0) is 20.7 Å². The van der Waals surface area contributed by atoms with Gasteiger partial charge >= 0.3 is 5.97 Å². The number of hydrogen-bond acceptors (Lipinski definition) is 4. The molecule has 3 rings (SSSR count). The number of amides is 1. The highest BCUT2D eigenvalue weighted by Crippen LogP contribution is 2.24. The first kappa shape index (κ1) is 17.0. The molecule has 0 bridgehead atoms. The quantitative estimate of drug-likeness (QED) is 0.869. The number of esters is 1. The Bertz CT molecular complexity index is 780. The molecule has 2 aromatic carbocycles. The van der Waals surface area contributed by atoms with Gasteiger partial charge in [-0.15, -0.1) is 0 Å². The maximum atomic E-state index is 12.3. The molecule has 0 radical (unpaired) electrons. The normalized spacial score (nSPS) is 16.4. The Balaban J connectivity index is 1.59. The van der Waals surface area contributed by atoms with Gasteiger partial charge in [-0.25, -0.2) is 4.79 Å². The first-order valence-corrected chi connectivity index (χ1v) is 8.32. The number of ether oxygens (including phenoxy) is 2. The predicted molar refractivity (Wildman–Crippen MR) is 94.7 cm³/mol. The van der Waals surface area contributed by atoms with Crippen LogP contribution in [0.1, 0.15) is 23.1 Å². The molecule has 0 spiro atoms. The van der Waals surface area contributed by atoms with E-state index in [1.54, 1.807) is 0 Å². The number of hydrogen-bond donors (Lipinski definition) is 1. The number of fused-ring (bicyclic) bond motifs is 1. The summed E-state index contributed by atoms with van der Waals surface area (Å²) in [4.78, 5) is 24.4. The zero-order valence-corrected chi connectivity index (χ0v) is 14.4. The van der Waals surface area contributed by atoms with Gasteiger partial charge in [-0.1, -0.05) is 36.4 Å². The lowest BCUT2D eigenvalue weighted by Crippen LogP contribution is -2.33. The SMILES string of the molecule is Cc1cccc(C)c1OCC(=O)O[C@H]1CCc2ccccc2NC1=O. The van der Waals surface area contributed by atoms with Crippen LogP contribution >= 0.6 is 0 Å². The number of anilines is 1. The number of rotatable bonds is 4. The Morgan fingerprint density at radius 1 is 1.12 bits per heavy atom. The molecule has 1 N–H and O–H groups in total. The van der Waals surface area contributed by atoms with Crippen LogP contribution in [0.4, 0.5) is 5.69 Å². The molecule has 0 saturated carbocycles. The molecule has 0 aliphatic carbocycles. The number of carbonyl (C=O) groups is 2. The molecule has 0 unspecified atom stereocenters. The van der Waals surface area contributed by atoms with Gasteiger partial charge < -0.3 is 14.8 Å². The lowest BCUT2D eigenvalue weighted by Gasteiger charge is -2.16. The lowest BCUT2D eigenvalue weighted by atomic mass is 10.1. The Morgan fingerprint density at radius 3 is 2.60 bits per heavy atom. The second-order valence-electron chi connectivity index (χ2n) is 6.17. The van der Waals surface area contributed by atoms with E-state index in [0.717, 1.165) is 22.4 Å². The van der Waals surface area contributed by atoms with E-state index in [4.69, 9.17) is 9.47 Å². The molecule has 5 nitrogen and oxygen atoms in total. The minimum Gasteiger partial charge on any atom is -0.481 e. The van der Waals surface area contributed by atoms with Crippen molar-refractivity contribution in [2.45, 2.75) is 32.8 Å². The minimum atomic E-state index is -0.804. The predicted octanol–water partition coefficient (Wildman–Crippen LogP) is 3.18. The highest BCUT2D eigenvalue weighted by atomic mass is 16.6. The third-order valence-electron chi connectivity index (χ3n) is 4.26. The van der Waals surface area contributed by atoms with Gasteiger partial charge in [0.1, 0.15) is 5.75 Å². The molecule has 1 aliphatic heterocycles. The average Bonchev–Trinajstić information content (AvgIpc) is 2.74. The van der Waals surface area contributed by atoms with Crippen molar-refractivity contribution in [3.05, 3.63) is 59.2 Å². The molecule has 1 atom stereocenters. The number of carbonyl (C=O) groups excluding carboxylic acids is 2. The lowest BCUT2D eigenvalue weighted by molar-refractivity contribution is -0.156. The Morgan fingerprint density at radius 2 is 1.84 bits per heavy atom. The van der Waals surface area contributed by atoms with Crippen LogP contribution in [-0.4, -0.2) is 24.6 Å². The van der Waals surface area contributed by atoms with Crippen LogP contribution in [0.5, 0.6) is 5.75 Å². The van der Waals surface area contributed by atoms with E-state index in [2.05, 4.69) is 5.32 Å². The fraction of sp³-hybridized carbons (Fsp3) is 0.300. The molecule has 25 heavy (non-hydrogen) atoms. The van der Waals surface area contributed by atoms with Crippen molar-refractivity contribution in [3.8, 4) is 5.75 Å². The van der Waals surface area contributed by atoms with Crippen molar-refractivity contribution in [2.24, 2.45) is 0 Å². The molecule has 5 heteroatoms. The fourth-order valence-corrected chi connectivity index (χ4v) is 2.95. The topological polar surface area (TPSA) is 64.6 Å². The molecular formula is C20H21NO4. The summed E-state index contributed by atoms with van der Waals surface area (Å²) in [6.07, 6.45) is 0.323. The van der Waals surface area contributed by atoms with Gasteiger partial charge in [0.25, 0.3) is 5.91 Å². The van der Waals surface area contributed by atoms with Gasteiger partial charge in [-0.3, -0.25) is 4.79 Å². The zero-order valence-electron chi connectivity index (χ0n) is 14.4. The molecule has 0 saturated heterocycles. The second kappa shape index (κ2) is 7.38. The van der Waals surface area contributed by atoms with Gasteiger partial charge in [0, 0.05) is 5.69 Å². The van der Waals surface area contributed by atoms with E-state index in [0.29, 0.717) is 18.6 Å².